The van der Waals surface area contributed by atoms with Gasteiger partial charge in [0.25, 0.3) is 0 Å². The van der Waals surface area contributed by atoms with E-state index in [4.69, 9.17) is 5.11 Å². The molecule has 1 aliphatic rings. The van der Waals surface area contributed by atoms with Crippen LogP contribution in [0.1, 0.15) is 19.8 Å². The number of aryl methyl sites for hydroxylation is 1. The van der Waals surface area contributed by atoms with Crippen LogP contribution in [-0.4, -0.2) is 44.9 Å². The van der Waals surface area contributed by atoms with Crippen molar-refractivity contribution in [2.45, 2.75) is 25.0 Å². The number of carbonyl (C=O) groups excluding carboxylic acids is 1. The molecule has 0 radical (unpaired) electrons. The van der Waals surface area contributed by atoms with Crippen LogP contribution >= 0.6 is 11.8 Å². The van der Waals surface area contributed by atoms with Gasteiger partial charge in [0.1, 0.15) is 0 Å². The topological polar surface area (TPSA) is 58.4 Å². The zero-order chi connectivity index (χ0) is 13.8. The molecule has 0 aromatic carbocycles. The first-order chi connectivity index (χ1) is 9.11. The van der Waals surface area contributed by atoms with Gasteiger partial charge in [-0.05, 0) is 24.5 Å². The molecule has 1 aromatic rings. The fourth-order valence-electron chi connectivity index (χ4n) is 2.13. The van der Waals surface area contributed by atoms with Gasteiger partial charge in [-0.2, -0.15) is 5.10 Å². The molecule has 2 rings (SSSR count). The van der Waals surface area contributed by atoms with E-state index in [2.05, 4.69) is 5.10 Å². The lowest BCUT2D eigenvalue weighted by atomic mass is 10.1. The second kappa shape index (κ2) is 6.43. The number of anilines is 1. The average molecular weight is 283 g/mol. The van der Waals surface area contributed by atoms with Crippen molar-refractivity contribution in [3.8, 4) is 0 Å². The van der Waals surface area contributed by atoms with E-state index < -0.39 is 0 Å². The van der Waals surface area contributed by atoms with E-state index in [1.807, 2.05) is 25.1 Å². The lowest BCUT2D eigenvalue weighted by molar-refractivity contribution is -0.119. The van der Waals surface area contributed by atoms with Crippen LogP contribution in [0.3, 0.4) is 0 Å². The number of aliphatic hydroxyl groups is 1. The number of piperidine rings is 1. The number of rotatable bonds is 5. The molecule has 5 nitrogen and oxygen atoms in total. The van der Waals surface area contributed by atoms with Crippen molar-refractivity contribution in [3.05, 3.63) is 12.4 Å². The van der Waals surface area contributed by atoms with E-state index in [9.17, 15) is 4.79 Å². The molecule has 106 valence electrons. The van der Waals surface area contributed by atoms with Crippen molar-refractivity contribution in [1.82, 2.24) is 9.78 Å². The predicted molar refractivity (Wildman–Crippen MR) is 77.3 cm³/mol. The molecular formula is C13H21N3O2S. The minimum atomic E-state index is 0.0166. The van der Waals surface area contributed by atoms with Gasteiger partial charge in [-0.25, -0.2) is 0 Å². The fourth-order valence-corrected chi connectivity index (χ4v) is 3.40. The molecule has 19 heavy (non-hydrogen) atoms. The van der Waals surface area contributed by atoms with Gasteiger partial charge >= 0.3 is 0 Å². The standard InChI is InChI=1S/C13H21N3O2S/c1-10(8-17)9-19-12-4-3-5-16(13(12)18)11-6-14-15(2)7-11/h6-7,10,12,17H,3-5,8-9H2,1-2H3/t10-,12-/m0/s1. The summed E-state index contributed by atoms with van der Waals surface area (Å²) in [5, 5.41) is 13.2. The number of aliphatic hydroxyl groups excluding tert-OH is 1. The normalized spacial score (nSPS) is 21.7. The van der Waals surface area contributed by atoms with Gasteiger partial charge in [-0.15, -0.1) is 11.8 Å². The molecule has 0 aliphatic carbocycles. The monoisotopic (exact) mass is 283 g/mol. The summed E-state index contributed by atoms with van der Waals surface area (Å²) in [6, 6.07) is 0. The summed E-state index contributed by atoms with van der Waals surface area (Å²) in [5.41, 5.74) is 0.882. The third kappa shape index (κ3) is 3.51. The summed E-state index contributed by atoms with van der Waals surface area (Å²) < 4.78 is 1.72. The first kappa shape index (κ1) is 14.4. The van der Waals surface area contributed by atoms with E-state index in [1.54, 1.807) is 22.6 Å². The Morgan fingerprint density at radius 3 is 3.05 bits per heavy atom. The number of nitrogens with zero attached hydrogens (tertiary/aromatic N) is 3. The third-order valence-electron chi connectivity index (χ3n) is 3.29. The summed E-state index contributed by atoms with van der Waals surface area (Å²) in [4.78, 5) is 14.3. The van der Waals surface area contributed by atoms with Gasteiger partial charge in [0.05, 0.1) is 17.1 Å². The van der Waals surface area contributed by atoms with Gasteiger partial charge in [0.15, 0.2) is 0 Å². The summed E-state index contributed by atoms with van der Waals surface area (Å²) in [6.07, 6.45) is 5.56. The maximum Gasteiger partial charge on any atom is 0.240 e. The molecule has 0 spiro atoms. The molecule has 0 bridgehead atoms. The molecule has 2 atom stereocenters. The number of hydrogen-bond acceptors (Lipinski definition) is 4. The summed E-state index contributed by atoms with van der Waals surface area (Å²) in [5.74, 6) is 1.24. The van der Waals surface area contributed by atoms with Crippen LogP contribution in [0.2, 0.25) is 0 Å². The molecule has 1 N–H and O–H groups in total. The molecule has 0 unspecified atom stereocenters. The quantitative estimate of drug-likeness (QED) is 0.884. The van der Waals surface area contributed by atoms with Crippen LogP contribution in [0.5, 0.6) is 0 Å². The predicted octanol–water partition coefficient (Wildman–Crippen LogP) is 1.28. The second-order valence-electron chi connectivity index (χ2n) is 5.11. The minimum absolute atomic E-state index is 0.0166. The molecule has 0 saturated carbocycles. The van der Waals surface area contributed by atoms with Gasteiger partial charge in [0, 0.05) is 26.4 Å². The first-order valence-electron chi connectivity index (χ1n) is 6.64. The lowest BCUT2D eigenvalue weighted by Crippen LogP contribution is -2.43. The SMILES string of the molecule is C[C@@H](CO)CS[C@H]1CCCN(c2cnn(C)c2)C1=O. The number of thioether (sulfide) groups is 1. The Morgan fingerprint density at radius 2 is 2.42 bits per heavy atom. The molecule has 1 aromatic heterocycles. The van der Waals surface area contributed by atoms with Crippen molar-refractivity contribution in [1.29, 1.82) is 0 Å². The highest BCUT2D eigenvalue weighted by atomic mass is 32.2. The van der Waals surface area contributed by atoms with Crippen LogP contribution in [0.4, 0.5) is 5.69 Å². The van der Waals surface area contributed by atoms with E-state index in [0.29, 0.717) is 0 Å². The zero-order valence-corrected chi connectivity index (χ0v) is 12.3. The van der Waals surface area contributed by atoms with Gasteiger partial charge in [-0.3, -0.25) is 9.48 Å². The molecular weight excluding hydrogens is 262 g/mol. The van der Waals surface area contributed by atoms with Crippen molar-refractivity contribution in [3.63, 3.8) is 0 Å². The van der Waals surface area contributed by atoms with E-state index in [0.717, 1.165) is 30.8 Å². The molecule has 1 amide bonds. The smallest absolute Gasteiger partial charge is 0.240 e. The van der Waals surface area contributed by atoms with Crippen LogP contribution in [-0.2, 0) is 11.8 Å². The summed E-state index contributed by atoms with van der Waals surface area (Å²) >= 11 is 1.66. The Hall–Kier alpha value is -1.01. The Morgan fingerprint density at radius 1 is 1.63 bits per heavy atom. The number of hydrogen-bond donors (Lipinski definition) is 1. The van der Waals surface area contributed by atoms with Crippen LogP contribution < -0.4 is 4.90 Å². The second-order valence-corrected chi connectivity index (χ2v) is 6.35. The highest BCUT2D eigenvalue weighted by molar-refractivity contribution is 8.00. The molecule has 6 heteroatoms. The summed E-state index contributed by atoms with van der Waals surface area (Å²) in [7, 11) is 1.85. The van der Waals surface area contributed by atoms with Crippen molar-refractivity contribution >= 4 is 23.4 Å². The van der Waals surface area contributed by atoms with Crippen LogP contribution in [0.15, 0.2) is 12.4 Å². The number of amides is 1. The highest BCUT2D eigenvalue weighted by Crippen LogP contribution is 2.28. The van der Waals surface area contributed by atoms with Crippen molar-refractivity contribution < 1.29 is 9.90 Å². The lowest BCUT2D eigenvalue weighted by Gasteiger charge is -2.31. The first-order valence-corrected chi connectivity index (χ1v) is 7.69. The van der Waals surface area contributed by atoms with Gasteiger partial charge in [-0.1, -0.05) is 6.92 Å². The van der Waals surface area contributed by atoms with Crippen molar-refractivity contribution in [2.24, 2.45) is 13.0 Å². The third-order valence-corrected chi connectivity index (χ3v) is 4.89. The van der Waals surface area contributed by atoms with Gasteiger partial charge in [0.2, 0.25) is 5.91 Å². The maximum atomic E-state index is 12.4. The average Bonchev–Trinajstić information content (AvgIpc) is 2.83. The Kier molecular flexibility index (Phi) is 4.87. The maximum absolute atomic E-state index is 12.4. The van der Waals surface area contributed by atoms with E-state index in [1.165, 1.54) is 0 Å². The zero-order valence-electron chi connectivity index (χ0n) is 11.5. The van der Waals surface area contributed by atoms with Crippen LogP contribution in [0, 0.1) is 5.92 Å². The van der Waals surface area contributed by atoms with E-state index in [-0.39, 0.29) is 23.7 Å². The minimum Gasteiger partial charge on any atom is -0.396 e. The highest BCUT2D eigenvalue weighted by Gasteiger charge is 2.30. The largest absolute Gasteiger partial charge is 0.396 e. The van der Waals surface area contributed by atoms with Gasteiger partial charge < -0.3 is 10.0 Å². The molecule has 1 fully saturated rings. The Labute approximate surface area is 118 Å². The van der Waals surface area contributed by atoms with Crippen molar-refractivity contribution in [2.75, 3.05) is 23.8 Å². The summed E-state index contributed by atoms with van der Waals surface area (Å²) in [6.45, 7) is 2.95. The van der Waals surface area contributed by atoms with E-state index >= 15 is 0 Å². The Balaban J connectivity index is 1.98. The molecule has 2 heterocycles. The number of carbonyl (C=O) groups is 1. The molecule has 1 aliphatic heterocycles. The fraction of sp³-hybridized carbons (Fsp3) is 0.692. The number of aromatic nitrogens is 2. The van der Waals surface area contributed by atoms with Crippen LogP contribution in [0.25, 0.3) is 0 Å². The Bertz CT molecular complexity index is 435. The molecule has 1 saturated heterocycles.